The molecule has 0 radical (unpaired) electrons. The zero-order valence-corrected chi connectivity index (χ0v) is 13.2. The molecule has 2 heterocycles. The summed E-state index contributed by atoms with van der Waals surface area (Å²) in [5.41, 5.74) is -1.40. The molecule has 2 rings (SSSR count). The van der Waals surface area contributed by atoms with Crippen LogP contribution in [0.2, 0.25) is 0 Å². The largest absolute Gasteiger partial charge is 0.460 e. The van der Waals surface area contributed by atoms with Crippen molar-refractivity contribution < 1.29 is 28.7 Å². The van der Waals surface area contributed by atoms with Crippen molar-refractivity contribution in [2.75, 3.05) is 13.2 Å². The summed E-state index contributed by atoms with van der Waals surface area (Å²) in [4.78, 5) is 71.9. The number of rotatable bonds is 6. The first-order chi connectivity index (χ1) is 12.3. The lowest BCUT2D eigenvalue weighted by Crippen LogP contribution is -2.58. The predicted octanol–water partition coefficient (Wildman–Crippen LogP) is -3.18. The Morgan fingerprint density at radius 3 is 2.50 bits per heavy atom. The highest BCUT2D eigenvalue weighted by Crippen LogP contribution is 1.95. The van der Waals surface area contributed by atoms with Crippen LogP contribution < -0.4 is 21.9 Å². The monoisotopic (exact) mass is 366 g/mol. The molecule has 138 valence electrons. The van der Waals surface area contributed by atoms with Crippen molar-refractivity contribution in [2.24, 2.45) is 0 Å². The van der Waals surface area contributed by atoms with Gasteiger partial charge in [0.15, 0.2) is 0 Å². The normalized spacial score (nSPS) is 16.7. The molecule has 0 bridgehead atoms. The first-order valence-corrected chi connectivity index (χ1v) is 7.24. The molecule has 1 aliphatic rings. The molecule has 12 nitrogen and oxygen atoms in total. The number of ether oxygens (including phenoxy) is 2. The molecule has 12 heteroatoms. The van der Waals surface area contributed by atoms with Gasteiger partial charge in [0.2, 0.25) is 11.8 Å². The molecule has 0 aromatic carbocycles. The van der Waals surface area contributed by atoms with Gasteiger partial charge in [-0.25, -0.2) is 14.4 Å². The summed E-state index contributed by atoms with van der Waals surface area (Å²) in [6, 6.07) is -1.01. The van der Waals surface area contributed by atoms with Gasteiger partial charge in [-0.05, 0) is 0 Å². The highest BCUT2D eigenvalue weighted by atomic mass is 16.5. The number of nitrogens with one attached hydrogen (secondary N) is 4. The van der Waals surface area contributed by atoms with E-state index in [4.69, 9.17) is 9.47 Å². The maximum absolute atomic E-state index is 11.5. The van der Waals surface area contributed by atoms with Gasteiger partial charge in [0.05, 0.1) is 12.1 Å². The number of hydrogen-bond acceptors (Lipinski definition) is 8. The molecule has 26 heavy (non-hydrogen) atoms. The number of carbonyl (C=O) groups is 4. The third kappa shape index (κ3) is 5.43. The maximum Gasteiger partial charge on any atom is 0.331 e. The average Bonchev–Trinajstić information content (AvgIpc) is 2.60. The lowest BCUT2D eigenvalue weighted by molar-refractivity contribution is -0.144. The van der Waals surface area contributed by atoms with Crippen molar-refractivity contribution in [1.29, 1.82) is 0 Å². The van der Waals surface area contributed by atoms with Gasteiger partial charge in [-0.3, -0.25) is 19.4 Å². The molecule has 1 atom stereocenters. The second-order valence-electron chi connectivity index (χ2n) is 5.01. The Morgan fingerprint density at radius 1 is 1.12 bits per heavy atom. The van der Waals surface area contributed by atoms with Gasteiger partial charge >= 0.3 is 17.6 Å². The van der Waals surface area contributed by atoms with Crippen LogP contribution in [0.1, 0.15) is 5.56 Å². The van der Waals surface area contributed by atoms with Crippen LogP contribution >= 0.6 is 0 Å². The van der Waals surface area contributed by atoms with E-state index >= 15 is 0 Å². The van der Waals surface area contributed by atoms with Crippen LogP contribution in [0.25, 0.3) is 0 Å². The number of aromatic nitrogens is 2. The fourth-order valence-corrected chi connectivity index (χ4v) is 1.81. The Morgan fingerprint density at radius 2 is 1.81 bits per heavy atom. The van der Waals surface area contributed by atoms with Crippen molar-refractivity contribution in [3.05, 3.63) is 44.8 Å². The van der Waals surface area contributed by atoms with Gasteiger partial charge in [0.1, 0.15) is 19.3 Å². The SMILES string of the molecule is O=C1CNC(=O)[C@H](COC(=O)/C=C/C(=O)OCc2c[nH]c(=O)[nH]c2=O)N1. The summed E-state index contributed by atoms with van der Waals surface area (Å²) in [5, 5.41) is 4.64. The lowest BCUT2D eigenvalue weighted by Gasteiger charge is -2.22. The topological polar surface area (TPSA) is 177 Å². The van der Waals surface area contributed by atoms with E-state index in [9.17, 15) is 28.8 Å². The van der Waals surface area contributed by atoms with Crippen LogP contribution in [0, 0.1) is 0 Å². The lowest BCUT2D eigenvalue weighted by atomic mass is 10.2. The van der Waals surface area contributed by atoms with Gasteiger partial charge in [-0.15, -0.1) is 0 Å². The van der Waals surface area contributed by atoms with Gasteiger partial charge in [-0.2, -0.15) is 0 Å². The molecule has 0 aliphatic carbocycles. The van der Waals surface area contributed by atoms with Gasteiger partial charge in [0, 0.05) is 18.3 Å². The Balaban J connectivity index is 1.77. The van der Waals surface area contributed by atoms with E-state index in [-0.39, 0.29) is 12.1 Å². The Kier molecular flexibility index (Phi) is 6.03. The van der Waals surface area contributed by atoms with Crippen molar-refractivity contribution in [2.45, 2.75) is 12.6 Å². The van der Waals surface area contributed by atoms with E-state index in [1.165, 1.54) is 0 Å². The van der Waals surface area contributed by atoms with Crippen LogP contribution in [-0.2, 0) is 35.3 Å². The van der Waals surface area contributed by atoms with Crippen molar-refractivity contribution in [1.82, 2.24) is 20.6 Å². The highest BCUT2D eigenvalue weighted by molar-refractivity contribution is 5.95. The second-order valence-corrected chi connectivity index (χ2v) is 5.01. The van der Waals surface area contributed by atoms with E-state index in [0.717, 1.165) is 18.3 Å². The molecule has 0 unspecified atom stereocenters. The van der Waals surface area contributed by atoms with E-state index < -0.39 is 54.3 Å². The summed E-state index contributed by atoms with van der Waals surface area (Å²) < 4.78 is 9.47. The molecule has 1 aromatic rings. The summed E-state index contributed by atoms with van der Waals surface area (Å²) in [6.07, 6.45) is 2.62. The zero-order chi connectivity index (χ0) is 19.1. The van der Waals surface area contributed by atoms with Gasteiger partial charge in [-0.1, -0.05) is 0 Å². The van der Waals surface area contributed by atoms with Crippen LogP contribution in [0.4, 0.5) is 0 Å². The third-order valence-electron chi connectivity index (χ3n) is 3.09. The minimum atomic E-state index is -1.01. The number of H-pyrrole nitrogens is 2. The average molecular weight is 366 g/mol. The molecular weight excluding hydrogens is 352 g/mol. The second kappa shape index (κ2) is 8.41. The number of carbonyl (C=O) groups excluding carboxylic acids is 4. The molecule has 1 aliphatic heterocycles. The van der Waals surface area contributed by atoms with Crippen molar-refractivity contribution in [3.8, 4) is 0 Å². The fraction of sp³-hybridized carbons (Fsp3) is 0.286. The standard InChI is InChI=1S/C14H14N4O8/c19-9-4-15-13(23)8(17-9)6-26-11(21)2-1-10(20)25-5-7-3-16-14(24)18-12(7)22/h1-3,8H,4-6H2,(H,15,23)(H,17,19)(H2,16,18,22,24)/b2-1+/t8-/m0/s1. The molecular formula is C14H14N4O8. The Labute approximate surface area is 144 Å². The Hall–Kier alpha value is -3.70. The molecule has 4 N–H and O–H groups in total. The zero-order valence-electron chi connectivity index (χ0n) is 13.2. The summed E-state index contributed by atoms with van der Waals surface area (Å²) >= 11 is 0. The number of hydrogen-bond donors (Lipinski definition) is 4. The quantitative estimate of drug-likeness (QED) is 0.301. The summed E-state index contributed by atoms with van der Waals surface area (Å²) in [5.74, 6) is -2.78. The fourth-order valence-electron chi connectivity index (χ4n) is 1.81. The predicted molar refractivity (Wildman–Crippen MR) is 82.5 cm³/mol. The van der Waals surface area contributed by atoms with E-state index in [2.05, 4.69) is 15.6 Å². The minimum Gasteiger partial charge on any atom is -0.460 e. The third-order valence-corrected chi connectivity index (χ3v) is 3.09. The summed E-state index contributed by atoms with van der Waals surface area (Å²) in [7, 11) is 0. The number of aromatic amines is 2. The number of amides is 2. The van der Waals surface area contributed by atoms with Gasteiger partial charge < -0.3 is 25.1 Å². The molecule has 0 spiro atoms. The molecule has 1 aromatic heterocycles. The molecule has 1 saturated heterocycles. The Bertz CT molecular complexity index is 868. The molecule has 1 fully saturated rings. The van der Waals surface area contributed by atoms with Crippen LogP contribution in [0.5, 0.6) is 0 Å². The van der Waals surface area contributed by atoms with E-state index in [1.54, 1.807) is 0 Å². The maximum atomic E-state index is 11.5. The van der Waals surface area contributed by atoms with Crippen LogP contribution in [0.3, 0.4) is 0 Å². The smallest absolute Gasteiger partial charge is 0.331 e. The number of esters is 2. The minimum absolute atomic E-state index is 0.00739. The first kappa shape index (κ1) is 18.6. The number of piperazine rings is 1. The summed E-state index contributed by atoms with van der Waals surface area (Å²) in [6.45, 7) is -0.964. The van der Waals surface area contributed by atoms with E-state index in [1.807, 2.05) is 4.98 Å². The molecule has 0 saturated carbocycles. The molecule has 2 amide bonds. The van der Waals surface area contributed by atoms with E-state index in [0.29, 0.717) is 0 Å². The van der Waals surface area contributed by atoms with Gasteiger partial charge in [0.25, 0.3) is 5.56 Å². The van der Waals surface area contributed by atoms with Crippen molar-refractivity contribution >= 4 is 23.8 Å². The van der Waals surface area contributed by atoms with Crippen LogP contribution in [-0.4, -0.2) is 52.9 Å². The highest BCUT2D eigenvalue weighted by Gasteiger charge is 2.26. The van der Waals surface area contributed by atoms with Crippen molar-refractivity contribution in [3.63, 3.8) is 0 Å². The van der Waals surface area contributed by atoms with Crippen LogP contribution in [0.15, 0.2) is 27.9 Å². The first-order valence-electron chi connectivity index (χ1n) is 7.24.